The number of nitrogens with zero attached hydrogens (tertiary/aromatic N) is 4. The molecule has 0 N–H and O–H groups in total. The van der Waals surface area contributed by atoms with Crippen LogP contribution in [0.15, 0.2) is 23.5 Å². The maximum absolute atomic E-state index is 6.29. The number of hydrogen-bond acceptors (Lipinski definition) is 8. The van der Waals surface area contributed by atoms with E-state index < -0.39 is 0 Å². The molecule has 8 heteroatoms. The van der Waals surface area contributed by atoms with Gasteiger partial charge >= 0.3 is 0 Å². The van der Waals surface area contributed by atoms with Crippen molar-refractivity contribution >= 4 is 23.4 Å². The molecule has 0 bridgehead atoms. The van der Waals surface area contributed by atoms with Crippen LogP contribution in [0.4, 0.5) is 5.82 Å². The minimum atomic E-state index is 0.0958. The topological polar surface area (TPSA) is 78.3 Å². The van der Waals surface area contributed by atoms with Gasteiger partial charge in [-0.05, 0) is 6.72 Å². The van der Waals surface area contributed by atoms with Crippen molar-refractivity contribution in [3.8, 4) is 11.5 Å². The molecule has 2 aromatic rings. The molecule has 2 saturated heterocycles. The molecule has 3 heterocycles. The van der Waals surface area contributed by atoms with Gasteiger partial charge in [0, 0.05) is 44.6 Å². The van der Waals surface area contributed by atoms with E-state index in [1.54, 1.807) is 0 Å². The number of hydrogen-bond donors (Lipinski definition) is 0. The summed E-state index contributed by atoms with van der Waals surface area (Å²) in [5.74, 6) is 1.94. The summed E-state index contributed by atoms with van der Waals surface area (Å²) in [6.07, 6.45) is 3.29. The molecule has 0 atom stereocenters. The lowest BCUT2D eigenvalue weighted by molar-refractivity contribution is 0.0260. The van der Waals surface area contributed by atoms with Crippen LogP contribution in [0.5, 0.6) is 11.5 Å². The molecule has 4 rings (SSSR count). The highest BCUT2D eigenvalue weighted by atomic mass is 16.5. The van der Waals surface area contributed by atoms with Gasteiger partial charge in [-0.2, -0.15) is 0 Å². The Morgan fingerprint density at radius 2 is 1.89 bits per heavy atom. The highest BCUT2D eigenvalue weighted by Crippen LogP contribution is 2.36. The predicted octanol–water partition coefficient (Wildman–Crippen LogP) is 2.23. The zero-order valence-electron chi connectivity index (χ0n) is 16.0. The van der Waals surface area contributed by atoms with Crippen molar-refractivity contribution in [2.75, 3.05) is 52.7 Å². The first-order valence-corrected chi connectivity index (χ1v) is 9.76. The van der Waals surface area contributed by atoms with E-state index in [1.165, 1.54) is 6.33 Å². The van der Waals surface area contributed by atoms with E-state index in [0.29, 0.717) is 31.4 Å². The van der Waals surface area contributed by atoms with Gasteiger partial charge in [0.2, 0.25) is 0 Å². The van der Waals surface area contributed by atoms with Gasteiger partial charge in [-0.1, -0.05) is 0 Å². The summed E-state index contributed by atoms with van der Waals surface area (Å²) in [4.78, 5) is 15.0. The molecule has 0 saturated carbocycles. The van der Waals surface area contributed by atoms with E-state index in [9.17, 15) is 0 Å². The molecule has 0 radical (unpaired) electrons. The fraction of sp³-hybridized carbons (Fsp3) is 0.550. The Morgan fingerprint density at radius 1 is 1.11 bits per heavy atom. The molecule has 2 aliphatic rings. The Morgan fingerprint density at radius 3 is 2.68 bits per heavy atom. The number of rotatable bonds is 7. The first-order valence-electron chi connectivity index (χ1n) is 9.76. The van der Waals surface area contributed by atoms with Crippen molar-refractivity contribution in [3.05, 3.63) is 18.5 Å². The third kappa shape index (κ3) is 4.57. The Hall–Kier alpha value is -2.29. The molecule has 1 aromatic carbocycles. The van der Waals surface area contributed by atoms with Crippen molar-refractivity contribution in [3.63, 3.8) is 0 Å². The van der Waals surface area contributed by atoms with Crippen LogP contribution in [-0.2, 0) is 9.47 Å². The molecule has 2 aliphatic heterocycles. The van der Waals surface area contributed by atoms with Gasteiger partial charge in [-0.3, -0.25) is 4.90 Å². The molecule has 0 spiro atoms. The number of benzene rings is 1. The van der Waals surface area contributed by atoms with E-state index in [-0.39, 0.29) is 6.10 Å². The molecule has 1 aromatic heterocycles. The third-order valence-corrected chi connectivity index (χ3v) is 5.05. The Balaban J connectivity index is 1.53. The van der Waals surface area contributed by atoms with Crippen LogP contribution in [0, 0.1) is 0 Å². The molecular formula is C20H26N4O4. The van der Waals surface area contributed by atoms with Crippen LogP contribution in [0.25, 0.3) is 10.9 Å². The molecular weight excluding hydrogens is 360 g/mol. The van der Waals surface area contributed by atoms with Crippen molar-refractivity contribution in [2.45, 2.75) is 18.9 Å². The molecule has 150 valence electrons. The summed E-state index contributed by atoms with van der Waals surface area (Å²) in [6.45, 7) is 9.97. The summed E-state index contributed by atoms with van der Waals surface area (Å²) >= 11 is 0. The largest absolute Gasteiger partial charge is 0.492 e. The summed E-state index contributed by atoms with van der Waals surface area (Å²) in [6, 6.07) is 3.82. The van der Waals surface area contributed by atoms with Crippen LogP contribution < -0.4 is 9.47 Å². The number of morpholine rings is 1. The molecule has 0 amide bonds. The summed E-state index contributed by atoms with van der Waals surface area (Å²) < 4.78 is 23.1. The average Bonchev–Trinajstić information content (AvgIpc) is 2.75. The van der Waals surface area contributed by atoms with E-state index >= 15 is 0 Å². The second-order valence-electron chi connectivity index (χ2n) is 6.90. The Labute approximate surface area is 164 Å². The molecule has 0 aliphatic carbocycles. The first kappa shape index (κ1) is 19.0. The maximum atomic E-state index is 6.29. The van der Waals surface area contributed by atoms with Crippen LogP contribution in [0.2, 0.25) is 0 Å². The zero-order valence-corrected chi connectivity index (χ0v) is 16.0. The lowest BCUT2D eigenvalue weighted by Crippen LogP contribution is -2.38. The average molecular weight is 386 g/mol. The molecule has 28 heavy (non-hydrogen) atoms. The second kappa shape index (κ2) is 9.27. The molecule has 2 fully saturated rings. The van der Waals surface area contributed by atoms with Gasteiger partial charge in [0.05, 0.1) is 37.3 Å². The quantitative estimate of drug-likeness (QED) is 0.675. The van der Waals surface area contributed by atoms with Crippen molar-refractivity contribution in [1.82, 2.24) is 14.9 Å². The minimum absolute atomic E-state index is 0.0958. The fourth-order valence-electron chi connectivity index (χ4n) is 3.50. The van der Waals surface area contributed by atoms with E-state index in [0.717, 1.165) is 62.3 Å². The minimum Gasteiger partial charge on any atom is -0.492 e. The van der Waals surface area contributed by atoms with Crippen LogP contribution in [-0.4, -0.2) is 80.4 Å². The normalized spacial score (nSPS) is 18.9. The maximum Gasteiger partial charge on any atom is 0.166 e. The second-order valence-corrected chi connectivity index (χ2v) is 6.90. The Kier molecular flexibility index (Phi) is 6.31. The van der Waals surface area contributed by atoms with Gasteiger partial charge in [-0.15, -0.1) is 0 Å². The number of ether oxygens (including phenoxy) is 4. The van der Waals surface area contributed by atoms with Crippen LogP contribution >= 0.6 is 0 Å². The van der Waals surface area contributed by atoms with Gasteiger partial charge in [0.15, 0.2) is 5.82 Å². The fourth-order valence-corrected chi connectivity index (χ4v) is 3.50. The van der Waals surface area contributed by atoms with Crippen LogP contribution in [0.3, 0.4) is 0 Å². The zero-order chi connectivity index (χ0) is 19.2. The van der Waals surface area contributed by atoms with Crippen molar-refractivity contribution in [2.24, 2.45) is 4.99 Å². The van der Waals surface area contributed by atoms with E-state index in [4.69, 9.17) is 18.9 Å². The lowest BCUT2D eigenvalue weighted by atomic mass is 10.1. The van der Waals surface area contributed by atoms with Gasteiger partial charge in [-0.25, -0.2) is 15.0 Å². The number of aliphatic imine (C=N–C) groups is 1. The number of aromatic nitrogens is 2. The van der Waals surface area contributed by atoms with Gasteiger partial charge in [0.1, 0.15) is 30.5 Å². The molecule has 0 unspecified atom stereocenters. The smallest absolute Gasteiger partial charge is 0.166 e. The highest BCUT2D eigenvalue weighted by molar-refractivity contribution is 5.94. The summed E-state index contributed by atoms with van der Waals surface area (Å²) in [5, 5.41) is 0.768. The first-order chi connectivity index (χ1) is 13.8. The standard InChI is InChI=1S/C20H26N4O4/c1-21-20-19-17(22-14-23-20)12-16(27-11-6-24-4-9-26-10-5-24)13-18(19)28-15-2-7-25-8-3-15/h12-15H,1-11H2. The summed E-state index contributed by atoms with van der Waals surface area (Å²) in [7, 11) is 0. The lowest BCUT2D eigenvalue weighted by Gasteiger charge is -2.26. The van der Waals surface area contributed by atoms with E-state index in [1.807, 2.05) is 12.1 Å². The number of fused-ring (bicyclic) bond motifs is 1. The van der Waals surface area contributed by atoms with Gasteiger partial charge < -0.3 is 18.9 Å². The third-order valence-electron chi connectivity index (χ3n) is 5.05. The monoisotopic (exact) mass is 386 g/mol. The predicted molar refractivity (Wildman–Crippen MR) is 106 cm³/mol. The van der Waals surface area contributed by atoms with Crippen molar-refractivity contribution < 1.29 is 18.9 Å². The Bertz CT molecular complexity index is 804. The van der Waals surface area contributed by atoms with Crippen LogP contribution in [0.1, 0.15) is 12.8 Å². The molecule has 8 nitrogen and oxygen atoms in total. The van der Waals surface area contributed by atoms with Gasteiger partial charge in [0.25, 0.3) is 0 Å². The summed E-state index contributed by atoms with van der Waals surface area (Å²) in [5.41, 5.74) is 0.739. The SMILES string of the molecule is C=Nc1ncnc2cc(OCCN3CCOCC3)cc(OC3CCOCC3)c12. The highest BCUT2D eigenvalue weighted by Gasteiger charge is 2.19. The van der Waals surface area contributed by atoms with E-state index in [2.05, 4.69) is 26.6 Å². The van der Waals surface area contributed by atoms with Crippen molar-refractivity contribution in [1.29, 1.82) is 0 Å².